The van der Waals surface area contributed by atoms with Crippen molar-refractivity contribution in [2.45, 2.75) is 0 Å². The molecule has 1 aromatic carbocycles. The van der Waals surface area contributed by atoms with Gasteiger partial charge in [0.1, 0.15) is 17.2 Å². The Hall–Kier alpha value is -2.68. The highest BCUT2D eigenvalue weighted by Gasteiger charge is 2.15. The molecule has 0 aliphatic carbocycles. The van der Waals surface area contributed by atoms with Crippen LogP contribution in [-0.2, 0) is 9.59 Å². The van der Waals surface area contributed by atoms with Crippen LogP contribution in [0.25, 0.3) is 0 Å². The number of methoxy groups -OCH3 is 2. The zero-order valence-corrected chi connectivity index (χ0v) is 13.3. The summed E-state index contributed by atoms with van der Waals surface area (Å²) in [6, 6.07) is 5.03. The third-order valence-corrected chi connectivity index (χ3v) is 3.55. The molecule has 0 aromatic heterocycles. The zero-order valence-electron chi connectivity index (χ0n) is 12.5. The topological polar surface area (TPSA) is 102 Å². The predicted molar refractivity (Wildman–Crippen MR) is 87.1 cm³/mol. The Morgan fingerprint density at radius 3 is 2.74 bits per heavy atom. The van der Waals surface area contributed by atoms with Crippen molar-refractivity contribution in [3.05, 3.63) is 30.5 Å². The second-order valence-electron chi connectivity index (χ2n) is 4.25. The number of hydrogen-bond acceptors (Lipinski definition) is 7. The quantitative estimate of drug-likeness (QED) is 0.832. The van der Waals surface area contributed by atoms with Gasteiger partial charge in [-0.05, 0) is 12.1 Å². The van der Waals surface area contributed by atoms with Crippen molar-refractivity contribution < 1.29 is 19.1 Å². The number of thioether (sulfide) groups is 1. The Morgan fingerprint density at radius 1 is 1.30 bits per heavy atom. The van der Waals surface area contributed by atoms with Crippen LogP contribution in [0.5, 0.6) is 11.5 Å². The fraction of sp³-hybridized carbons (Fsp3) is 0.214. The van der Waals surface area contributed by atoms with Gasteiger partial charge in [-0.2, -0.15) is 4.99 Å². The van der Waals surface area contributed by atoms with Crippen LogP contribution in [0.2, 0.25) is 0 Å². The van der Waals surface area contributed by atoms with Crippen LogP contribution < -0.4 is 14.8 Å². The van der Waals surface area contributed by atoms with E-state index < -0.39 is 5.91 Å². The number of azo groups is 1. The lowest BCUT2D eigenvalue weighted by Gasteiger charge is -2.11. The van der Waals surface area contributed by atoms with E-state index in [0.717, 1.165) is 11.8 Å². The maximum atomic E-state index is 12.0. The van der Waals surface area contributed by atoms with Crippen LogP contribution >= 0.6 is 11.8 Å². The van der Waals surface area contributed by atoms with E-state index in [1.54, 1.807) is 25.3 Å². The van der Waals surface area contributed by atoms with Gasteiger partial charge < -0.3 is 14.8 Å². The van der Waals surface area contributed by atoms with E-state index in [0.29, 0.717) is 17.2 Å². The van der Waals surface area contributed by atoms with Gasteiger partial charge in [0, 0.05) is 6.07 Å². The number of benzene rings is 1. The van der Waals surface area contributed by atoms with E-state index in [4.69, 9.17) is 9.47 Å². The second kappa shape index (κ2) is 7.54. The number of aliphatic imine (C=N–C) groups is 1. The Labute approximate surface area is 136 Å². The highest BCUT2D eigenvalue weighted by Crippen LogP contribution is 2.29. The first kappa shape index (κ1) is 16.7. The lowest BCUT2D eigenvalue weighted by Crippen LogP contribution is -2.16. The van der Waals surface area contributed by atoms with Gasteiger partial charge in [0.15, 0.2) is 0 Å². The number of hydrogen-bond donors (Lipinski definition) is 1. The monoisotopic (exact) mass is 334 g/mol. The molecule has 9 heteroatoms. The van der Waals surface area contributed by atoms with Crippen LogP contribution in [0, 0.1) is 0 Å². The van der Waals surface area contributed by atoms with Gasteiger partial charge in [-0.1, -0.05) is 18.3 Å². The SMILES string of the molecule is C=C1N=NC(SCC(=O)Nc2ccc(OC)cc2OC)=NC1=O. The lowest BCUT2D eigenvalue weighted by atomic mass is 10.2. The largest absolute Gasteiger partial charge is 0.497 e. The number of amides is 2. The summed E-state index contributed by atoms with van der Waals surface area (Å²) in [7, 11) is 3.04. The molecule has 0 unspecified atom stereocenters. The van der Waals surface area contributed by atoms with Gasteiger partial charge in [-0.15, -0.1) is 10.2 Å². The van der Waals surface area contributed by atoms with E-state index in [9.17, 15) is 9.59 Å². The molecule has 23 heavy (non-hydrogen) atoms. The minimum Gasteiger partial charge on any atom is -0.497 e. The van der Waals surface area contributed by atoms with E-state index in [1.807, 2.05) is 0 Å². The summed E-state index contributed by atoms with van der Waals surface area (Å²) < 4.78 is 10.3. The number of nitrogens with zero attached hydrogens (tertiary/aromatic N) is 3. The minimum absolute atomic E-state index is 0.0206. The maximum absolute atomic E-state index is 12.0. The number of nitrogens with one attached hydrogen (secondary N) is 1. The average Bonchev–Trinajstić information content (AvgIpc) is 2.56. The van der Waals surface area contributed by atoms with Crippen LogP contribution in [0.1, 0.15) is 0 Å². The first-order valence-electron chi connectivity index (χ1n) is 6.42. The average molecular weight is 334 g/mol. The smallest absolute Gasteiger partial charge is 0.299 e. The van der Waals surface area contributed by atoms with Gasteiger partial charge in [-0.3, -0.25) is 9.59 Å². The van der Waals surface area contributed by atoms with Crippen molar-refractivity contribution in [1.82, 2.24) is 0 Å². The zero-order chi connectivity index (χ0) is 16.8. The second-order valence-corrected chi connectivity index (χ2v) is 5.19. The van der Waals surface area contributed by atoms with Gasteiger partial charge in [-0.25, -0.2) is 0 Å². The summed E-state index contributed by atoms with van der Waals surface area (Å²) in [5.41, 5.74) is 0.484. The third-order valence-electron chi connectivity index (χ3n) is 2.72. The molecule has 0 radical (unpaired) electrons. The molecule has 0 saturated carbocycles. The van der Waals surface area contributed by atoms with E-state index in [1.165, 1.54) is 7.11 Å². The molecule has 1 aromatic rings. The minimum atomic E-state index is -0.556. The number of carbonyl (C=O) groups excluding carboxylic acids is 2. The van der Waals surface area contributed by atoms with E-state index in [-0.39, 0.29) is 22.5 Å². The van der Waals surface area contributed by atoms with E-state index >= 15 is 0 Å². The van der Waals surface area contributed by atoms with Crippen LogP contribution in [0.4, 0.5) is 5.69 Å². The van der Waals surface area contributed by atoms with Gasteiger partial charge in [0.2, 0.25) is 11.1 Å². The molecule has 0 saturated heterocycles. The number of amidine groups is 1. The molecule has 0 atom stereocenters. The Morgan fingerprint density at radius 2 is 2.09 bits per heavy atom. The Balaban J connectivity index is 1.95. The summed E-state index contributed by atoms with van der Waals surface area (Å²) in [4.78, 5) is 26.9. The molecule has 0 spiro atoms. The summed E-state index contributed by atoms with van der Waals surface area (Å²) in [5, 5.41) is 10.1. The van der Waals surface area contributed by atoms with Gasteiger partial charge >= 0.3 is 0 Å². The Kier molecular flexibility index (Phi) is 5.47. The normalized spacial score (nSPS) is 13.6. The molecular weight excluding hydrogens is 320 g/mol. The summed E-state index contributed by atoms with van der Waals surface area (Å²) in [6.45, 7) is 3.38. The first-order chi connectivity index (χ1) is 11.0. The maximum Gasteiger partial charge on any atom is 0.299 e. The summed E-state index contributed by atoms with van der Waals surface area (Å²) in [5.74, 6) is 0.258. The van der Waals surface area contributed by atoms with E-state index in [2.05, 4.69) is 27.1 Å². The lowest BCUT2D eigenvalue weighted by molar-refractivity contribution is -0.115. The Bertz CT molecular complexity index is 715. The van der Waals surface area contributed by atoms with Crippen LogP contribution in [0.15, 0.2) is 45.7 Å². The van der Waals surface area contributed by atoms with Crippen molar-refractivity contribution >= 4 is 34.4 Å². The van der Waals surface area contributed by atoms with Crippen molar-refractivity contribution in [3.8, 4) is 11.5 Å². The van der Waals surface area contributed by atoms with Crippen LogP contribution in [0.3, 0.4) is 0 Å². The molecule has 2 amide bonds. The molecule has 1 aliphatic heterocycles. The number of ether oxygens (including phenoxy) is 2. The number of anilines is 1. The first-order valence-corrected chi connectivity index (χ1v) is 7.40. The number of rotatable bonds is 5. The van der Waals surface area contributed by atoms with Gasteiger partial charge in [0.05, 0.1) is 25.7 Å². The van der Waals surface area contributed by atoms with Crippen molar-refractivity contribution in [2.75, 3.05) is 25.3 Å². The summed E-state index contributed by atoms with van der Waals surface area (Å²) in [6.07, 6.45) is 0. The fourth-order valence-electron chi connectivity index (χ4n) is 1.60. The fourth-order valence-corrected chi connectivity index (χ4v) is 2.18. The molecule has 0 fully saturated rings. The molecule has 1 N–H and O–H groups in total. The van der Waals surface area contributed by atoms with Crippen molar-refractivity contribution in [3.63, 3.8) is 0 Å². The van der Waals surface area contributed by atoms with Crippen molar-refractivity contribution in [2.24, 2.45) is 15.2 Å². The molecular formula is C14H14N4O4S. The van der Waals surface area contributed by atoms with Crippen molar-refractivity contribution in [1.29, 1.82) is 0 Å². The molecule has 1 aliphatic rings. The third kappa shape index (κ3) is 4.39. The van der Waals surface area contributed by atoms with Crippen LogP contribution in [-0.4, -0.2) is 37.0 Å². The molecule has 1 heterocycles. The predicted octanol–water partition coefficient (Wildman–Crippen LogP) is 2.24. The molecule has 120 valence electrons. The summed E-state index contributed by atoms with van der Waals surface area (Å²) >= 11 is 1.00. The number of carbonyl (C=O) groups is 2. The standard InChI is InChI=1S/C14H14N4O4S/c1-8-13(20)16-14(18-17-8)23-7-12(19)15-10-5-4-9(21-2)6-11(10)22-3/h4-6H,1,7H2,2-3H3,(H,15,19). The highest BCUT2D eigenvalue weighted by molar-refractivity contribution is 8.14. The molecule has 2 rings (SSSR count). The molecule has 8 nitrogen and oxygen atoms in total. The molecule has 0 bridgehead atoms. The highest BCUT2D eigenvalue weighted by atomic mass is 32.2. The van der Waals surface area contributed by atoms with Gasteiger partial charge in [0.25, 0.3) is 5.91 Å².